The number of carbonyl (C=O) groups is 1. The summed E-state index contributed by atoms with van der Waals surface area (Å²) in [5.41, 5.74) is -0.362. The lowest BCUT2D eigenvalue weighted by atomic mass is 10.00. The average Bonchev–Trinajstić information content (AvgIpc) is 3.43. The predicted molar refractivity (Wildman–Crippen MR) is 140 cm³/mol. The lowest BCUT2D eigenvalue weighted by molar-refractivity contribution is -0.0690. The Bertz CT molecular complexity index is 1340. The van der Waals surface area contributed by atoms with Crippen LogP contribution in [0.25, 0.3) is 0 Å². The Morgan fingerprint density at radius 2 is 1.90 bits per heavy atom. The van der Waals surface area contributed by atoms with Gasteiger partial charge in [0.25, 0.3) is 0 Å². The van der Waals surface area contributed by atoms with Gasteiger partial charge in [-0.25, -0.2) is 13.2 Å². The lowest BCUT2D eigenvalue weighted by Crippen LogP contribution is -2.50. The molecule has 0 aromatic heterocycles. The third kappa shape index (κ3) is 6.21. The maximum atomic E-state index is 13.8. The zero-order valence-corrected chi connectivity index (χ0v) is 23.2. The molecule has 2 aliphatic rings. The molecule has 0 spiro atoms. The van der Waals surface area contributed by atoms with Gasteiger partial charge in [0, 0.05) is 19.2 Å². The van der Waals surface area contributed by atoms with Crippen molar-refractivity contribution in [2.75, 3.05) is 26.5 Å². The van der Waals surface area contributed by atoms with Gasteiger partial charge in [-0.15, -0.1) is 0 Å². The summed E-state index contributed by atoms with van der Waals surface area (Å²) >= 11 is 0. The Labute approximate surface area is 228 Å². The zero-order chi connectivity index (χ0) is 28.4. The van der Waals surface area contributed by atoms with Crippen molar-refractivity contribution in [1.29, 1.82) is 5.26 Å². The highest BCUT2D eigenvalue weighted by Gasteiger charge is 2.51. The number of sulfonamides is 1. The van der Waals surface area contributed by atoms with E-state index >= 15 is 0 Å². The van der Waals surface area contributed by atoms with Gasteiger partial charge < -0.3 is 24.1 Å². The molecule has 1 N–H and O–H groups in total. The molecular formula is C27H33N3O8S. The number of carboxylic acid groups (broad SMARTS) is 1. The lowest BCUT2D eigenvalue weighted by Gasteiger charge is -2.31. The van der Waals surface area contributed by atoms with Gasteiger partial charge in [0.05, 0.1) is 17.0 Å². The predicted octanol–water partition coefficient (Wildman–Crippen LogP) is 3.69. The van der Waals surface area contributed by atoms with E-state index in [0.29, 0.717) is 23.7 Å². The molecule has 0 saturated carbocycles. The normalized spacial score (nSPS) is 19.9. The summed E-state index contributed by atoms with van der Waals surface area (Å²) < 4.78 is 51.3. The van der Waals surface area contributed by atoms with Gasteiger partial charge in [-0.2, -0.15) is 9.57 Å². The van der Waals surface area contributed by atoms with Crippen molar-refractivity contribution in [2.24, 2.45) is 5.92 Å². The molecule has 0 unspecified atom stereocenters. The number of fused-ring (bicyclic) bond motifs is 1. The third-order valence-electron chi connectivity index (χ3n) is 6.59. The first kappa shape index (κ1) is 28.5. The zero-order valence-electron chi connectivity index (χ0n) is 22.4. The van der Waals surface area contributed by atoms with E-state index in [1.54, 1.807) is 44.2 Å². The molecule has 2 aromatic carbocycles. The van der Waals surface area contributed by atoms with Crippen LogP contribution in [0.2, 0.25) is 0 Å². The summed E-state index contributed by atoms with van der Waals surface area (Å²) in [6, 6.07) is 12.8. The monoisotopic (exact) mass is 559 g/mol. The quantitative estimate of drug-likeness (QED) is 0.462. The van der Waals surface area contributed by atoms with Crippen LogP contribution < -0.4 is 14.2 Å². The highest BCUT2D eigenvalue weighted by Crippen LogP contribution is 2.37. The number of nitrogens with zero attached hydrogens (tertiary/aromatic N) is 3. The van der Waals surface area contributed by atoms with E-state index in [1.807, 2.05) is 19.9 Å². The molecular weight excluding hydrogens is 526 g/mol. The molecule has 4 rings (SSSR count). The van der Waals surface area contributed by atoms with Crippen molar-refractivity contribution in [3.63, 3.8) is 0 Å². The Morgan fingerprint density at radius 1 is 1.21 bits per heavy atom. The standard InChI is InChI=1S/C27H33N3O8S/c1-18(2)15-29(39(33,34)21-9-10-23-24(14-21)37-17-36-23)16-25-22(30(26(31)32)27(3,4)38-25)13-19-5-7-20(8-6-19)35-12-11-28/h5-10,14,18,22,25H,12-13,15-17H2,1-4H3,(H,31,32)/t22-,25+/m0/s1. The minimum atomic E-state index is -3.98. The Morgan fingerprint density at radius 3 is 2.54 bits per heavy atom. The third-order valence-corrected chi connectivity index (χ3v) is 8.42. The maximum absolute atomic E-state index is 13.8. The fourth-order valence-electron chi connectivity index (χ4n) is 4.97. The van der Waals surface area contributed by atoms with E-state index in [0.717, 1.165) is 5.56 Å². The van der Waals surface area contributed by atoms with Crippen LogP contribution in [0.1, 0.15) is 33.3 Å². The van der Waals surface area contributed by atoms with Crippen LogP contribution in [0.15, 0.2) is 47.4 Å². The second kappa shape index (κ2) is 11.3. The Balaban J connectivity index is 1.64. The van der Waals surface area contributed by atoms with E-state index in [2.05, 4.69) is 0 Å². The van der Waals surface area contributed by atoms with E-state index in [4.69, 9.17) is 24.2 Å². The van der Waals surface area contributed by atoms with Crippen molar-refractivity contribution in [1.82, 2.24) is 9.21 Å². The van der Waals surface area contributed by atoms with Crippen molar-refractivity contribution in [3.8, 4) is 23.3 Å². The number of hydrogen-bond donors (Lipinski definition) is 1. The molecule has 12 heteroatoms. The summed E-state index contributed by atoms with van der Waals surface area (Å²) in [6.45, 7) is 7.26. The highest BCUT2D eigenvalue weighted by molar-refractivity contribution is 7.89. The molecule has 2 aliphatic heterocycles. The SMILES string of the molecule is CC(C)CN(C[C@H]1OC(C)(C)N(C(=O)O)[C@H]1Cc1ccc(OCC#N)cc1)S(=O)(=O)c1ccc2c(c1)OCO2. The molecule has 0 bridgehead atoms. The van der Waals surface area contributed by atoms with Crippen LogP contribution in [-0.4, -0.2) is 73.2 Å². The van der Waals surface area contributed by atoms with Gasteiger partial charge in [0.15, 0.2) is 18.1 Å². The molecule has 0 radical (unpaired) electrons. The van der Waals surface area contributed by atoms with Crippen LogP contribution in [0.3, 0.4) is 0 Å². The fraction of sp³-hybridized carbons (Fsp3) is 0.481. The fourth-order valence-corrected chi connectivity index (χ4v) is 6.60. The minimum absolute atomic E-state index is 0.00168. The van der Waals surface area contributed by atoms with Crippen LogP contribution in [0, 0.1) is 17.2 Å². The van der Waals surface area contributed by atoms with Crippen LogP contribution in [0.5, 0.6) is 17.2 Å². The summed E-state index contributed by atoms with van der Waals surface area (Å²) in [4.78, 5) is 13.7. The first-order chi connectivity index (χ1) is 18.4. The molecule has 2 aromatic rings. The molecule has 1 fully saturated rings. The summed E-state index contributed by atoms with van der Waals surface area (Å²) in [7, 11) is -3.98. The molecule has 39 heavy (non-hydrogen) atoms. The second-order valence-corrected chi connectivity index (χ2v) is 12.3. The largest absolute Gasteiger partial charge is 0.479 e. The molecule has 0 aliphatic carbocycles. The number of amides is 1. The molecule has 2 heterocycles. The minimum Gasteiger partial charge on any atom is -0.479 e. The van der Waals surface area contributed by atoms with Crippen LogP contribution >= 0.6 is 0 Å². The van der Waals surface area contributed by atoms with E-state index in [9.17, 15) is 18.3 Å². The first-order valence-corrected chi connectivity index (χ1v) is 14.0. The van der Waals surface area contributed by atoms with Gasteiger partial charge in [-0.1, -0.05) is 26.0 Å². The van der Waals surface area contributed by atoms with E-state index < -0.39 is 34.0 Å². The summed E-state index contributed by atoms with van der Waals surface area (Å²) in [6.07, 6.45) is -1.61. The van der Waals surface area contributed by atoms with E-state index in [-0.39, 0.29) is 37.3 Å². The number of nitriles is 1. The van der Waals surface area contributed by atoms with Gasteiger partial charge in [0.1, 0.15) is 17.5 Å². The van der Waals surface area contributed by atoms with Crippen molar-refractivity contribution in [2.45, 2.75) is 56.9 Å². The molecule has 1 saturated heterocycles. The smallest absolute Gasteiger partial charge is 0.409 e. The molecule has 11 nitrogen and oxygen atoms in total. The van der Waals surface area contributed by atoms with Gasteiger partial charge in [0.2, 0.25) is 16.8 Å². The first-order valence-electron chi connectivity index (χ1n) is 12.6. The Kier molecular flexibility index (Phi) is 8.25. The Hall–Kier alpha value is -3.53. The van der Waals surface area contributed by atoms with E-state index in [1.165, 1.54) is 21.3 Å². The number of benzene rings is 2. The summed E-state index contributed by atoms with van der Waals surface area (Å²) in [5.74, 6) is 1.36. The van der Waals surface area contributed by atoms with Gasteiger partial charge in [-0.05, 0) is 56.0 Å². The van der Waals surface area contributed by atoms with Gasteiger partial charge in [-0.3, -0.25) is 4.90 Å². The maximum Gasteiger partial charge on any atom is 0.409 e. The van der Waals surface area contributed by atoms with Crippen LogP contribution in [0.4, 0.5) is 4.79 Å². The molecule has 210 valence electrons. The number of hydrogen-bond acceptors (Lipinski definition) is 8. The van der Waals surface area contributed by atoms with Gasteiger partial charge >= 0.3 is 6.09 Å². The summed E-state index contributed by atoms with van der Waals surface area (Å²) in [5, 5.41) is 18.8. The highest BCUT2D eigenvalue weighted by atomic mass is 32.2. The second-order valence-electron chi connectivity index (χ2n) is 10.3. The van der Waals surface area contributed by atoms with Crippen LogP contribution in [-0.2, 0) is 21.2 Å². The van der Waals surface area contributed by atoms with Crippen molar-refractivity contribution in [3.05, 3.63) is 48.0 Å². The molecule has 2 atom stereocenters. The van der Waals surface area contributed by atoms with Crippen molar-refractivity contribution < 1.29 is 37.3 Å². The molecule has 1 amide bonds. The average molecular weight is 560 g/mol. The topological polar surface area (TPSA) is 139 Å². The number of rotatable bonds is 10. The number of ether oxygens (including phenoxy) is 4. The van der Waals surface area contributed by atoms with Crippen molar-refractivity contribution >= 4 is 16.1 Å².